The van der Waals surface area contributed by atoms with Crippen LogP contribution in [0.4, 0.5) is 0 Å². The standard InChI is InChI=1S/C16H19N3O3/c1-10-7-11(16(21)22)4-6-19(10)14(20)8-12-9-18-15-13(12)3-2-5-17-15/h2-3,5,9-11H,4,6-8H2,1H3,(H,17,18)(H,21,22). The first kappa shape index (κ1) is 14.6. The smallest absolute Gasteiger partial charge is 0.306 e. The van der Waals surface area contributed by atoms with Gasteiger partial charge in [0.05, 0.1) is 12.3 Å². The quantitative estimate of drug-likeness (QED) is 0.905. The minimum Gasteiger partial charge on any atom is -0.481 e. The Kier molecular flexibility index (Phi) is 3.83. The van der Waals surface area contributed by atoms with Crippen LogP contribution in [0.3, 0.4) is 0 Å². The highest BCUT2D eigenvalue weighted by atomic mass is 16.4. The van der Waals surface area contributed by atoms with E-state index in [1.165, 1.54) is 0 Å². The summed E-state index contributed by atoms with van der Waals surface area (Å²) < 4.78 is 0. The van der Waals surface area contributed by atoms with Crippen LogP contribution >= 0.6 is 0 Å². The van der Waals surface area contributed by atoms with Gasteiger partial charge in [-0.3, -0.25) is 9.59 Å². The number of hydrogen-bond donors (Lipinski definition) is 2. The van der Waals surface area contributed by atoms with Crippen molar-refractivity contribution in [3.05, 3.63) is 30.1 Å². The molecule has 2 aromatic rings. The third-order valence-corrected chi connectivity index (χ3v) is 4.42. The minimum atomic E-state index is -0.762. The van der Waals surface area contributed by atoms with E-state index in [1.807, 2.05) is 25.3 Å². The van der Waals surface area contributed by atoms with E-state index in [2.05, 4.69) is 9.97 Å². The number of piperidine rings is 1. The van der Waals surface area contributed by atoms with Gasteiger partial charge in [-0.05, 0) is 37.5 Å². The number of carbonyl (C=O) groups excluding carboxylic acids is 1. The van der Waals surface area contributed by atoms with Crippen LogP contribution in [0.1, 0.15) is 25.3 Å². The molecule has 2 N–H and O–H groups in total. The SMILES string of the molecule is CC1CC(C(=O)O)CCN1C(=O)Cc1c[nH]c2ncccc12. The monoisotopic (exact) mass is 301 g/mol. The number of rotatable bonds is 3. The average Bonchev–Trinajstić information content (AvgIpc) is 2.90. The van der Waals surface area contributed by atoms with Crippen LogP contribution in [0, 0.1) is 5.92 Å². The van der Waals surface area contributed by atoms with Gasteiger partial charge in [0, 0.05) is 30.4 Å². The van der Waals surface area contributed by atoms with E-state index in [0.29, 0.717) is 25.8 Å². The molecule has 0 saturated carbocycles. The Morgan fingerprint density at radius 3 is 3.05 bits per heavy atom. The molecule has 1 fully saturated rings. The van der Waals surface area contributed by atoms with Gasteiger partial charge < -0.3 is 15.0 Å². The summed E-state index contributed by atoms with van der Waals surface area (Å²) in [6, 6.07) is 3.76. The highest BCUT2D eigenvalue weighted by molar-refractivity contribution is 5.87. The Morgan fingerprint density at radius 2 is 2.32 bits per heavy atom. The molecule has 0 spiro atoms. The topological polar surface area (TPSA) is 86.3 Å². The summed E-state index contributed by atoms with van der Waals surface area (Å²) in [5.74, 6) is -1.06. The molecule has 0 bridgehead atoms. The van der Waals surface area contributed by atoms with E-state index in [1.54, 1.807) is 11.1 Å². The van der Waals surface area contributed by atoms with E-state index < -0.39 is 5.97 Å². The van der Waals surface area contributed by atoms with Crippen molar-refractivity contribution in [1.29, 1.82) is 0 Å². The van der Waals surface area contributed by atoms with Crippen LogP contribution in [0.2, 0.25) is 0 Å². The van der Waals surface area contributed by atoms with Crippen LogP contribution in [-0.4, -0.2) is 44.4 Å². The number of nitrogens with zero attached hydrogens (tertiary/aromatic N) is 2. The van der Waals surface area contributed by atoms with Crippen LogP contribution < -0.4 is 0 Å². The van der Waals surface area contributed by atoms with E-state index >= 15 is 0 Å². The second kappa shape index (κ2) is 5.79. The molecule has 116 valence electrons. The number of carbonyl (C=O) groups is 2. The zero-order valence-electron chi connectivity index (χ0n) is 12.5. The maximum atomic E-state index is 12.5. The van der Waals surface area contributed by atoms with Gasteiger partial charge in [-0.15, -0.1) is 0 Å². The van der Waals surface area contributed by atoms with Gasteiger partial charge in [0.2, 0.25) is 5.91 Å². The number of hydrogen-bond acceptors (Lipinski definition) is 3. The van der Waals surface area contributed by atoms with Gasteiger partial charge in [0.25, 0.3) is 0 Å². The minimum absolute atomic E-state index is 0.0364. The fourth-order valence-electron chi connectivity index (χ4n) is 3.19. The molecule has 0 radical (unpaired) electrons. The Labute approximate surface area is 128 Å². The van der Waals surface area contributed by atoms with Crippen molar-refractivity contribution in [2.24, 2.45) is 5.92 Å². The van der Waals surface area contributed by atoms with Gasteiger partial charge in [-0.1, -0.05) is 0 Å². The lowest BCUT2D eigenvalue weighted by molar-refractivity contribution is -0.147. The molecule has 0 aliphatic carbocycles. The number of fused-ring (bicyclic) bond motifs is 1. The molecule has 1 amide bonds. The van der Waals surface area contributed by atoms with Crippen LogP contribution in [0.25, 0.3) is 11.0 Å². The molecule has 22 heavy (non-hydrogen) atoms. The van der Waals surface area contributed by atoms with Crippen LogP contribution in [0.5, 0.6) is 0 Å². The van der Waals surface area contributed by atoms with Crippen molar-refractivity contribution in [1.82, 2.24) is 14.9 Å². The van der Waals surface area contributed by atoms with Crippen molar-refractivity contribution in [3.8, 4) is 0 Å². The largest absolute Gasteiger partial charge is 0.481 e. The van der Waals surface area contributed by atoms with Crippen LogP contribution in [-0.2, 0) is 16.0 Å². The number of nitrogens with one attached hydrogen (secondary N) is 1. The number of carboxylic acid groups (broad SMARTS) is 1. The molecule has 3 heterocycles. The lowest BCUT2D eigenvalue weighted by Crippen LogP contribution is -2.46. The number of aromatic nitrogens is 2. The third kappa shape index (κ3) is 2.68. The summed E-state index contributed by atoms with van der Waals surface area (Å²) in [6.45, 7) is 2.43. The number of H-pyrrole nitrogens is 1. The Hall–Kier alpha value is -2.37. The first-order valence-electron chi connectivity index (χ1n) is 7.49. The van der Waals surface area contributed by atoms with Crippen LogP contribution in [0.15, 0.2) is 24.5 Å². The van der Waals surface area contributed by atoms with E-state index in [0.717, 1.165) is 16.6 Å². The number of pyridine rings is 1. The van der Waals surface area contributed by atoms with Crippen molar-refractivity contribution < 1.29 is 14.7 Å². The highest BCUT2D eigenvalue weighted by Crippen LogP contribution is 2.24. The molecule has 3 rings (SSSR count). The molecule has 1 aliphatic heterocycles. The predicted molar refractivity (Wildman–Crippen MR) is 81.3 cm³/mol. The lowest BCUT2D eigenvalue weighted by Gasteiger charge is -2.36. The molecule has 1 saturated heterocycles. The highest BCUT2D eigenvalue weighted by Gasteiger charge is 2.32. The van der Waals surface area contributed by atoms with Crippen molar-refractivity contribution in [2.75, 3.05) is 6.54 Å². The number of aromatic amines is 1. The van der Waals surface area contributed by atoms with Gasteiger partial charge in [-0.2, -0.15) is 0 Å². The summed E-state index contributed by atoms with van der Waals surface area (Å²) in [5, 5.41) is 10.1. The average molecular weight is 301 g/mol. The Bertz CT molecular complexity index is 709. The summed E-state index contributed by atoms with van der Waals surface area (Å²) >= 11 is 0. The zero-order chi connectivity index (χ0) is 15.7. The molecule has 1 aliphatic rings. The maximum Gasteiger partial charge on any atom is 0.306 e. The molecule has 2 unspecified atom stereocenters. The fraction of sp³-hybridized carbons (Fsp3) is 0.438. The molecular formula is C16H19N3O3. The normalized spacial score (nSPS) is 22.0. The molecular weight excluding hydrogens is 282 g/mol. The zero-order valence-corrected chi connectivity index (χ0v) is 12.5. The van der Waals surface area contributed by atoms with E-state index in [9.17, 15) is 9.59 Å². The second-order valence-electron chi connectivity index (χ2n) is 5.89. The first-order valence-corrected chi connectivity index (χ1v) is 7.49. The maximum absolute atomic E-state index is 12.5. The molecule has 2 atom stereocenters. The summed E-state index contributed by atoms with van der Waals surface area (Å²) in [7, 11) is 0. The molecule has 6 nitrogen and oxygen atoms in total. The van der Waals surface area contributed by atoms with Crippen molar-refractivity contribution in [3.63, 3.8) is 0 Å². The Morgan fingerprint density at radius 1 is 1.50 bits per heavy atom. The van der Waals surface area contributed by atoms with E-state index in [4.69, 9.17) is 5.11 Å². The van der Waals surface area contributed by atoms with E-state index in [-0.39, 0.29) is 17.9 Å². The number of likely N-dealkylation sites (tertiary alicyclic amines) is 1. The van der Waals surface area contributed by atoms with Gasteiger partial charge in [0.15, 0.2) is 0 Å². The molecule has 2 aromatic heterocycles. The lowest BCUT2D eigenvalue weighted by atomic mass is 9.91. The predicted octanol–water partition coefficient (Wildman–Crippen LogP) is 1.82. The third-order valence-electron chi connectivity index (χ3n) is 4.42. The van der Waals surface area contributed by atoms with Gasteiger partial charge in [0.1, 0.15) is 5.65 Å². The Balaban J connectivity index is 1.71. The molecule has 6 heteroatoms. The summed E-state index contributed by atoms with van der Waals surface area (Å²) in [4.78, 5) is 32.7. The number of carboxylic acids is 1. The van der Waals surface area contributed by atoms with Crippen molar-refractivity contribution in [2.45, 2.75) is 32.2 Å². The first-order chi connectivity index (χ1) is 10.6. The van der Waals surface area contributed by atoms with Crippen molar-refractivity contribution >= 4 is 22.9 Å². The van der Waals surface area contributed by atoms with Gasteiger partial charge in [-0.25, -0.2) is 4.98 Å². The summed E-state index contributed by atoms with van der Waals surface area (Å²) in [5.41, 5.74) is 1.71. The number of amides is 1. The molecule has 0 aromatic carbocycles. The second-order valence-corrected chi connectivity index (χ2v) is 5.89. The summed E-state index contributed by atoms with van der Waals surface area (Å²) in [6.07, 6.45) is 4.90. The number of aliphatic carboxylic acids is 1. The van der Waals surface area contributed by atoms with Gasteiger partial charge >= 0.3 is 5.97 Å². The fourth-order valence-corrected chi connectivity index (χ4v) is 3.19.